The van der Waals surface area contributed by atoms with Crippen molar-refractivity contribution in [2.45, 2.75) is 11.8 Å². The van der Waals surface area contributed by atoms with Crippen molar-refractivity contribution in [2.75, 3.05) is 5.32 Å². The molecular formula is C13H14BrN3O3S. The van der Waals surface area contributed by atoms with Crippen molar-refractivity contribution < 1.29 is 13.2 Å². The highest BCUT2D eigenvalue weighted by atomic mass is 79.9. The lowest BCUT2D eigenvalue weighted by molar-refractivity contribution is 0.101. The van der Waals surface area contributed by atoms with E-state index in [4.69, 9.17) is 5.14 Å². The lowest BCUT2D eigenvalue weighted by atomic mass is 10.2. The Morgan fingerprint density at radius 1 is 1.33 bits per heavy atom. The Kier molecular flexibility index (Phi) is 4.22. The van der Waals surface area contributed by atoms with Crippen molar-refractivity contribution in [3.8, 4) is 0 Å². The number of amides is 1. The fourth-order valence-corrected chi connectivity index (χ4v) is 2.91. The number of benzene rings is 1. The second-order valence-electron chi connectivity index (χ2n) is 4.63. The fourth-order valence-electron chi connectivity index (χ4n) is 1.85. The molecule has 0 radical (unpaired) electrons. The molecule has 1 aromatic carbocycles. The van der Waals surface area contributed by atoms with E-state index in [1.165, 1.54) is 12.1 Å². The van der Waals surface area contributed by atoms with Crippen LogP contribution in [0.5, 0.6) is 0 Å². The third-order valence-corrected chi connectivity index (χ3v) is 4.33. The van der Waals surface area contributed by atoms with Gasteiger partial charge in [0, 0.05) is 23.4 Å². The van der Waals surface area contributed by atoms with Crippen LogP contribution < -0.4 is 10.5 Å². The second kappa shape index (κ2) is 5.63. The maximum atomic E-state index is 12.2. The highest BCUT2D eigenvalue weighted by molar-refractivity contribution is 9.10. The SMILES string of the molecule is Cc1ccc(S(N)(=O)=O)cc1NC(=O)c1cc(Br)cn1C. The van der Waals surface area contributed by atoms with E-state index >= 15 is 0 Å². The zero-order chi connectivity index (χ0) is 15.8. The molecule has 112 valence electrons. The van der Waals surface area contributed by atoms with E-state index in [0.717, 1.165) is 10.0 Å². The van der Waals surface area contributed by atoms with Gasteiger partial charge in [-0.3, -0.25) is 4.79 Å². The zero-order valence-corrected chi connectivity index (χ0v) is 13.8. The van der Waals surface area contributed by atoms with Crippen LogP contribution in [0.25, 0.3) is 0 Å². The zero-order valence-electron chi connectivity index (χ0n) is 11.4. The van der Waals surface area contributed by atoms with E-state index in [2.05, 4.69) is 21.2 Å². The first-order valence-electron chi connectivity index (χ1n) is 5.95. The number of halogens is 1. The third-order valence-electron chi connectivity index (χ3n) is 2.99. The summed E-state index contributed by atoms with van der Waals surface area (Å²) in [6.45, 7) is 1.77. The molecule has 0 saturated heterocycles. The lowest BCUT2D eigenvalue weighted by Crippen LogP contribution is -2.17. The molecule has 1 aromatic heterocycles. The van der Waals surface area contributed by atoms with E-state index in [1.54, 1.807) is 36.9 Å². The maximum absolute atomic E-state index is 12.2. The standard InChI is InChI=1S/C13H14BrN3O3S/c1-8-3-4-10(21(15,19)20)6-11(8)16-13(18)12-5-9(14)7-17(12)2/h3-7H,1-2H3,(H,16,18)(H2,15,19,20). The summed E-state index contributed by atoms with van der Waals surface area (Å²) in [5.74, 6) is -0.335. The molecule has 0 aliphatic carbocycles. The highest BCUT2D eigenvalue weighted by Gasteiger charge is 2.15. The van der Waals surface area contributed by atoms with Gasteiger partial charge in [0.25, 0.3) is 5.91 Å². The summed E-state index contributed by atoms with van der Waals surface area (Å²) in [6, 6.07) is 6.02. The molecule has 1 heterocycles. The first-order valence-corrected chi connectivity index (χ1v) is 8.29. The average Bonchev–Trinajstić information content (AvgIpc) is 2.70. The topological polar surface area (TPSA) is 94.2 Å². The van der Waals surface area contributed by atoms with Crippen LogP contribution in [-0.4, -0.2) is 18.9 Å². The van der Waals surface area contributed by atoms with Crippen LogP contribution in [0.2, 0.25) is 0 Å². The molecule has 2 rings (SSSR count). The molecule has 6 nitrogen and oxygen atoms in total. The molecule has 0 atom stereocenters. The van der Waals surface area contributed by atoms with Gasteiger partial charge in [0.2, 0.25) is 10.0 Å². The van der Waals surface area contributed by atoms with Gasteiger partial charge >= 0.3 is 0 Å². The van der Waals surface area contributed by atoms with Crippen molar-refractivity contribution in [3.05, 3.63) is 46.2 Å². The molecule has 0 spiro atoms. The molecule has 2 aromatic rings. The summed E-state index contributed by atoms with van der Waals surface area (Å²) in [4.78, 5) is 12.2. The minimum absolute atomic E-state index is 0.0449. The van der Waals surface area contributed by atoms with Crippen molar-refractivity contribution in [2.24, 2.45) is 12.2 Å². The monoisotopic (exact) mass is 371 g/mol. The third kappa shape index (κ3) is 3.52. The van der Waals surface area contributed by atoms with Gasteiger partial charge in [-0.25, -0.2) is 13.6 Å². The number of nitrogens with two attached hydrogens (primary N) is 1. The predicted octanol–water partition coefficient (Wildman–Crippen LogP) is 2.00. The summed E-state index contributed by atoms with van der Waals surface area (Å²) >= 11 is 3.29. The van der Waals surface area contributed by atoms with Crippen LogP contribution in [0.3, 0.4) is 0 Å². The first kappa shape index (κ1) is 15.7. The van der Waals surface area contributed by atoms with E-state index in [9.17, 15) is 13.2 Å². The summed E-state index contributed by atoms with van der Waals surface area (Å²) in [7, 11) is -2.07. The van der Waals surface area contributed by atoms with Crippen LogP contribution in [0.4, 0.5) is 5.69 Å². The quantitative estimate of drug-likeness (QED) is 0.863. The number of hydrogen-bond acceptors (Lipinski definition) is 3. The molecule has 0 aliphatic rings. The molecule has 21 heavy (non-hydrogen) atoms. The van der Waals surface area contributed by atoms with Crippen LogP contribution >= 0.6 is 15.9 Å². The fraction of sp³-hybridized carbons (Fsp3) is 0.154. The van der Waals surface area contributed by atoms with Gasteiger partial charge in [0.15, 0.2) is 0 Å². The molecule has 0 unspecified atom stereocenters. The summed E-state index contributed by atoms with van der Waals surface area (Å²) < 4.78 is 25.2. The number of carbonyl (C=O) groups is 1. The van der Waals surface area contributed by atoms with E-state index in [1.807, 2.05) is 0 Å². The summed E-state index contributed by atoms with van der Waals surface area (Å²) in [6.07, 6.45) is 1.75. The Morgan fingerprint density at radius 2 is 2.00 bits per heavy atom. The van der Waals surface area contributed by atoms with Gasteiger partial charge in [-0.2, -0.15) is 0 Å². The Balaban J connectivity index is 2.35. The lowest BCUT2D eigenvalue weighted by Gasteiger charge is -2.10. The number of anilines is 1. The molecular weight excluding hydrogens is 358 g/mol. The van der Waals surface area contributed by atoms with Gasteiger partial charge in [-0.05, 0) is 46.6 Å². The smallest absolute Gasteiger partial charge is 0.272 e. The number of aromatic nitrogens is 1. The van der Waals surface area contributed by atoms with Crippen molar-refractivity contribution in [3.63, 3.8) is 0 Å². The van der Waals surface area contributed by atoms with Crippen LogP contribution in [-0.2, 0) is 17.1 Å². The number of primary sulfonamides is 1. The number of nitrogens with zero attached hydrogens (tertiary/aromatic N) is 1. The van der Waals surface area contributed by atoms with Gasteiger partial charge < -0.3 is 9.88 Å². The van der Waals surface area contributed by atoms with E-state index in [0.29, 0.717) is 11.4 Å². The van der Waals surface area contributed by atoms with E-state index < -0.39 is 10.0 Å². The summed E-state index contributed by atoms with van der Waals surface area (Å²) in [5, 5.41) is 7.79. The average molecular weight is 372 g/mol. The van der Waals surface area contributed by atoms with Crippen molar-refractivity contribution >= 4 is 37.5 Å². The highest BCUT2D eigenvalue weighted by Crippen LogP contribution is 2.21. The first-order chi connectivity index (χ1) is 9.68. The van der Waals surface area contributed by atoms with Crippen LogP contribution in [0, 0.1) is 6.92 Å². The van der Waals surface area contributed by atoms with Gasteiger partial charge in [0.05, 0.1) is 4.90 Å². The number of nitrogens with one attached hydrogen (secondary N) is 1. The van der Waals surface area contributed by atoms with Crippen LogP contribution in [0.1, 0.15) is 16.1 Å². The predicted molar refractivity (Wildman–Crippen MR) is 83.6 cm³/mol. The van der Waals surface area contributed by atoms with Gasteiger partial charge in [-0.1, -0.05) is 6.07 Å². The summed E-state index contributed by atoms with van der Waals surface area (Å²) in [5.41, 5.74) is 1.59. The molecule has 0 bridgehead atoms. The number of carbonyl (C=O) groups excluding carboxylic acids is 1. The Bertz CT molecular complexity index is 812. The van der Waals surface area contributed by atoms with Gasteiger partial charge in [-0.15, -0.1) is 0 Å². The largest absolute Gasteiger partial charge is 0.345 e. The van der Waals surface area contributed by atoms with Crippen LogP contribution in [0.15, 0.2) is 39.8 Å². The van der Waals surface area contributed by atoms with Gasteiger partial charge in [0.1, 0.15) is 5.69 Å². The number of rotatable bonds is 3. The van der Waals surface area contributed by atoms with Crippen molar-refractivity contribution in [1.82, 2.24) is 4.57 Å². The van der Waals surface area contributed by atoms with E-state index in [-0.39, 0.29) is 10.8 Å². The minimum atomic E-state index is -3.81. The number of sulfonamides is 1. The normalized spacial score (nSPS) is 11.4. The number of hydrogen-bond donors (Lipinski definition) is 2. The number of aryl methyl sites for hydroxylation is 2. The Labute approximate surface area is 131 Å². The van der Waals surface area contributed by atoms with Crippen molar-refractivity contribution in [1.29, 1.82) is 0 Å². The molecule has 3 N–H and O–H groups in total. The minimum Gasteiger partial charge on any atom is -0.345 e. The Morgan fingerprint density at radius 3 is 2.52 bits per heavy atom. The second-order valence-corrected chi connectivity index (χ2v) is 7.11. The molecule has 0 fully saturated rings. The Hall–Kier alpha value is -1.64. The molecule has 0 saturated carbocycles. The molecule has 1 amide bonds. The molecule has 0 aliphatic heterocycles. The molecule has 8 heteroatoms. The maximum Gasteiger partial charge on any atom is 0.272 e.